The molecule has 2 aromatic rings. The fourth-order valence-electron chi connectivity index (χ4n) is 4.65. The number of likely N-dealkylation sites (N-methyl/N-ethyl adjacent to an activating group) is 1. The fraction of sp³-hybridized carbons (Fsp3) is 0.500. The largest absolute Gasteiger partial charge is 0.485 e. The van der Waals surface area contributed by atoms with Crippen molar-refractivity contribution in [2.24, 2.45) is 0 Å². The molecular formula is C20H24N4O3. The number of aromatic amines is 1. The zero-order valence-electron chi connectivity index (χ0n) is 15.5. The smallest absolute Gasteiger partial charge is 0.267 e. The molecule has 3 aliphatic heterocycles. The lowest BCUT2D eigenvalue weighted by Crippen LogP contribution is -2.57. The third-order valence-electron chi connectivity index (χ3n) is 6.27. The van der Waals surface area contributed by atoms with Crippen LogP contribution in [0, 0.1) is 0 Å². The molecule has 7 heteroatoms. The fourth-order valence-corrected chi connectivity index (χ4v) is 4.65. The lowest BCUT2D eigenvalue weighted by Gasteiger charge is -2.49. The summed E-state index contributed by atoms with van der Waals surface area (Å²) in [6, 6.07) is 7.50. The summed E-state index contributed by atoms with van der Waals surface area (Å²) in [7, 11) is 2.17. The molecule has 3 aliphatic rings. The number of nitrogens with zero attached hydrogens (tertiary/aromatic N) is 3. The summed E-state index contributed by atoms with van der Waals surface area (Å²) >= 11 is 0. The van der Waals surface area contributed by atoms with Gasteiger partial charge in [-0.15, -0.1) is 0 Å². The third-order valence-corrected chi connectivity index (χ3v) is 6.27. The average molecular weight is 368 g/mol. The zero-order chi connectivity index (χ0) is 18.4. The Morgan fingerprint density at radius 2 is 2.00 bits per heavy atom. The van der Waals surface area contributed by atoms with Crippen LogP contribution in [0.25, 0.3) is 0 Å². The van der Waals surface area contributed by atoms with Crippen molar-refractivity contribution in [2.75, 3.05) is 33.3 Å². The minimum Gasteiger partial charge on any atom is -0.485 e. The summed E-state index contributed by atoms with van der Waals surface area (Å²) in [5.41, 5.74) is 2.34. The van der Waals surface area contributed by atoms with Gasteiger partial charge < -0.3 is 19.4 Å². The van der Waals surface area contributed by atoms with Crippen LogP contribution in [0.3, 0.4) is 0 Å². The number of benzene rings is 1. The SMILES string of the molecule is CN1CCc2[nH]cnc2C12CCN(C(=O)C1COc3ccccc3O1)CC2. The van der Waals surface area contributed by atoms with Crippen LogP contribution in [0.5, 0.6) is 11.5 Å². The Bertz CT molecular complexity index is 856. The number of hydrogen-bond donors (Lipinski definition) is 1. The predicted molar refractivity (Wildman–Crippen MR) is 98.8 cm³/mol. The Hall–Kier alpha value is -2.54. The van der Waals surface area contributed by atoms with Gasteiger partial charge in [-0.05, 0) is 32.0 Å². The van der Waals surface area contributed by atoms with Gasteiger partial charge in [0, 0.05) is 31.7 Å². The maximum absolute atomic E-state index is 13.0. The molecule has 27 heavy (non-hydrogen) atoms. The van der Waals surface area contributed by atoms with Gasteiger partial charge in [0.05, 0.1) is 17.6 Å². The van der Waals surface area contributed by atoms with Crippen LogP contribution in [0.2, 0.25) is 0 Å². The quantitative estimate of drug-likeness (QED) is 0.827. The third kappa shape index (κ3) is 2.60. The van der Waals surface area contributed by atoms with E-state index in [4.69, 9.17) is 9.47 Å². The van der Waals surface area contributed by atoms with E-state index in [1.807, 2.05) is 29.2 Å². The number of amides is 1. The Balaban J connectivity index is 1.30. The molecule has 142 valence electrons. The summed E-state index contributed by atoms with van der Waals surface area (Å²) in [6.45, 7) is 2.69. The average Bonchev–Trinajstić information content (AvgIpc) is 3.20. The van der Waals surface area contributed by atoms with Crippen LogP contribution in [-0.4, -0.2) is 65.1 Å². The van der Waals surface area contributed by atoms with Gasteiger partial charge in [-0.2, -0.15) is 0 Å². The van der Waals surface area contributed by atoms with Gasteiger partial charge in [-0.25, -0.2) is 4.98 Å². The van der Waals surface area contributed by atoms with E-state index in [0.29, 0.717) is 24.6 Å². The highest BCUT2D eigenvalue weighted by Gasteiger charge is 2.46. The van der Waals surface area contributed by atoms with Crippen LogP contribution in [0.15, 0.2) is 30.6 Å². The minimum absolute atomic E-state index is 0.0140. The van der Waals surface area contributed by atoms with E-state index >= 15 is 0 Å². The van der Waals surface area contributed by atoms with Gasteiger partial charge in [0.25, 0.3) is 5.91 Å². The first-order valence-corrected chi connectivity index (χ1v) is 9.59. The standard InChI is InChI=1S/C20H24N4O3/c1-23-9-6-14-18(22-13-21-14)20(23)7-10-24(11-8-20)19(25)17-12-26-15-4-2-3-5-16(15)27-17/h2-5,13,17H,6-12H2,1H3,(H,21,22). The van der Waals surface area contributed by atoms with Gasteiger partial charge >= 0.3 is 0 Å². The van der Waals surface area contributed by atoms with Crippen LogP contribution < -0.4 is 9.47 Å². The van der Waals surface area contributed by atoms with Gasteiger partial charge in [-0.3, -0.25) is 9.69 Å². The number of carbonyl (C=O) groups is 1. The van der Waals surface area contributed by atoms with E-state index in [9.17, 15) is 4.79 Å². The number of fused-ring (bicyclic) bond motifs is 3. The first-order valence-electron chi connectivity index (χ1n) is 9.59. The van der Waals surface area contributed by atoms with E-state index in [-0.39, 0.29) is 18.1 Å². The summed E-state index contributed by atoms with van der Waals surface area (Å²) < 4.78 is 11.6. The van der Waals surface area contributed by atoms with Gasteiger partial charge in [0.1, 0.15) is 6.61 Å². The molecular weight excluding hydrogens is 344 g/mol. The molecule has 1 saturated heterocycles. The monoisotopic (exact) mass is 368 g/mol. The maximum Gasteiger partial charge on any atom is 0.267 e. The molecule has 1 aromatic carbocycles. The highest BCUT2D eigenvalue weighted by Crippen LogP contribution is 2.41. The van der Waals surface area contributed by atoms with Crippen molar-refractivity contribution in [1.82, 2.24) is 19.8 Å². The van der Waals surface area contributed by atoms with E-state index in [1.54, 1.807) is 6.33 Å². The molecule has 1 spiro atoms. The number of hydrogen-bond acceptors (Lipinski definition) is 5. The normalized spacial score (nSPS) is 23.9. The second-order valence-electron chi connectivity index (χ2n) is 7.62. The summed E-state index contributed by atoms with van der Waals surface area (Å²) in [5, 5.41) is 0. The van der Waals surface area contributed by atoms with E-state index < -0.39 is 6.10 Å². The minimum atomic E-state index is -0.570. The number of aromatic nitrogens is 2. The molecule has 7 nitrogen and oxygen atoms in total. The number of rotatable bonds is 1. The number of H-pyrrole nitrogens is 1. The van der Waals surface area contributed by atoms with E-state index in [2.05, 4.69) is 21.9 Å². The van der Waals surface area contributed by atoms with Gasteiger partial charge in [0.15, 0.2) is 11.5 Å². The number of piperidine rings is 1. The number of carbonyl (C=O) groups excluding carboxylic acids is 1. The van der Waals surface area contributed by atoms with Crippen LogP contribution in [0.4, 0.5) is 0 Å². The number of likely N-dealkylation sites (tertiary alicyclic amines) is 1. The molecule has 0 radical (unpaired) electrons. The second kappa shape index (κ2) is 6.27. The number of para-hydroxylation sites is 2. The van der Waals surface area contributed by atoms with Crippen LogP contribution in [0.1, 0.15) is 24.2 Å². The van der Waals surface area contributed by atoms with Crippen molar-refractivity contribution in [3.8, 4) is 11.5 Å². The number of ether oxygens (including phenoxy) is 2. The Morgan fingerprint density at radius 3 is 2.81 bits per heavy atom. The molecule has 1 unspecified atom stereocenters. The van der Waals surface area contributed by atoms with E-state index in [1.165, 1.54) is 5.69 Å². The van der Waals surface area contributed by atoms with Crippen LogP contribution >= 0.6 is 0 Å². The number of nitrogens with one attached hydrogen (secondary N) is 1. The lowest BCUT2D eigenvalue weighted by molar-refractivity contribution is -0.144. The second-order valence-corrected chi connectivity index (χ2v) is 7.62. The predicted octanol–water partition coefficient (Wildman–Crippen LogP) is 1.56. The molecule has 1 amide bonds. The van der Waals surface area contributed by atoms with Crippen molar-refractivity contribution in [1.29, 1.82) is 0 Å². The Kier molecular flexibility index (Phi) is 3.86. The van der Waals surface area contributed by atoms with Crippen molar-refractivity contribution < 1.29 is 14.3 Å². The molecule has 1 fully saturated rings. The first-order chi connectivity index (χ1) is 13.2. The topological polar surface area (TPSA) is 70.7 Å². The molecule has 5 rings (SSSR count). The highest BCUT2D eigenvalue weighted by atomic mass is 16.6. The van der Waals surface area contributed by atoms with Crippen LogP contribution in [-0.2, 0) is 16.8 Å². The molecule has 0 aliphatic carbocycles. The Morgan fingerprint density at radius 1 is 1.22 bits per heavy atom. The van der Waals surface area contributed by atoms with Gasteiger partial charge in [0.2, 0.25) is 6.10 Å². The van der Waals surface area contributed by atoms with Gasteiger partial charge in [-0.1, -0.05) is 12.1 Å². The summed E-state index contributed by atoms with van der Waals surface area (Å²) in [4.78, 5) is 25.2. The lowest BCUT2D eigenvalue weighted by atomic mass is 9.79. The maximum atomic E-state index is 13.0. The molecule has 1 N–H and O–H groups in total. The first kappa shape index (κ1) is 16.6. The number of imidazole rings is 1. The molecule has 1 aromatic heterocycles. The van der Waals surface area contributed by atoms with E-state index in [0.717, 1.165) is 31.5 Å². The van der Waals surface area contributed by atoms with Crippen molar-refractivity contribution >= 4 is 5.91 Å². The zero-order valence-corrected chi connectivity index (χ0v) is 15.5. The van der Waals surface area contributed by atoms with Crippen molar-refractivity contribution in [3.05, 3.63) is 42.0 Å². The molecule has 1 atom stereocenters. The highest BCUT2D eigenvalue weighted by molar-refractivity contribution is 5.82. The molecule has 0 bridgehead atoms. The summed E-state index contributed by atoms with van der Waals surface area (Å²) in [5.74, 6) is 1.36. The van der Waals surface area contributed by atoms with Crippen molar-refractivity contribution in [2.45, 2.75) is 30.9 Å². The molecule has 0 saturated carbocycles. The van der Waals surface area contributed by atoms with Crippen molar-refractivity contribution in [3.63, 3.8) is 0 Å². The Labute approximate surface area is 158 Å². The summed E-state index contributed by atoms with van der Waals surface area (Å²) in [6.07, 6.45) is 4.00. The molecule has 4 heterocycles.